The van der Waals surface area contributed by atoms with Crippen molar-refractivity contribution in [1.29, 1.82) is 0 Å². The summed E-state index contributed by atoms with van der Waals surface area (Å²) in [6.45, 7) is 5.30. The first-order chi connectivity index (χ1) is 12.1. The number of hydrogen-bond donors (Lipinski definition) is 2. The molecule has 2 aromatic heterocycles. The average Bonchev–Trinajstić information content (AvgIpc) is 3.24. The van der Waals surface area contributed by atoms with Crippen LogP contribution in [0.2, 0.25) is 0 Å². The van der Waals surface area contributed by atoms with Gasteiger partial charge in [-0.3, -0.25) is 4.79 Å². The molecular formula is C17H25Cl2N5O3. The van der Waals surface area contributed by atoms with Crippen LogP contribution in [0.25, 0.3) is 0 Å². The van der Waals surface area contributed by atoms with Crippen molar-refractivity contribution in [2.75, 3.05) is 26.2 Å². The Hall–Kier alpha value is -1.61. The van der Waals surface area contributed by atoms with Gasteiger partial charge in [-0.05, 0) is 6.92 Å². The first kappa shape index (κ1) is 21.7. The molecule has 150 valence electrons. The zero-order chi connectivity index (χ0) is 17.4. The molecule has 0 unspecified atom stereocenters. The van der Waals surface area contributed by atoms with Gasteiger partial charge in [-0.2, -0.15) is 0 Å². The van der Waals surface area contributed by atoms with Gasteiger partial charge in [-0.1, -0.05) is 5.16 Å². The summed E-state index contributed by atoms with van der Waals surface area (Å²) in [5.74, 6) is 1.55. The summed E-state index contributed by atoms with van der Waals surface area (Å²) >= 11 is 0. The monoisotopic (exact) mass is 417 g/mol. The van der Waals surface area contributed by atoms with E-state index in [4.69, 9.17) is 4.52 Å². The minimum atomic E-state index is -0.556. The highest BCUT2D eigenvalue weighted by Crippen LogP contribution is 2.23. The quantitative estimate of drug-likeness (QED) is 0.767. The smallest absolute Gasteiger partial charge is 0.274 e. The maximum Gasteiger partial charge on any atom is 0.274 e. The molecule has 0 bridgehead atoms. The molecule has 8 nitrogen and oxygen atoms in total. The third-order valence-corrected chi connectivity index (χ3v) is 4.97. The van der Waals surface area contributed by atoms with Crippen molar-refractivity contribution in [2.24, 2.45) is 5.92 Å². The fraction of sp³-hybridized carbons (Fsp3) is 0.588. The lowest BCUT2D eigenvalue weighted by Gasteiger charge is -2.14. The van der Waals surface area contributed by atoms with Crippen molar-refractivity contribution in [3.63, 3.8) is 0 Å². The molecule has 4 rings (SSSR count). The van der Waals surface area contributed by atoms with Crippen LogP contribution in [-0.4, -0.2) is 62.9 Å². The van der Waals surface area contributed by atoms with Gasteiger partial charge in [-0.15, -0.1) is 24.8 Å². The number of β-amino-alcohol motifs (C(OH)–C–C–N with tert-alkyl or cyclic N) is 1. The number of likely N-dealkylation sites (tertiary alicyclic amines) is 1. The highest BCUT2D eigenvalue weighted by atomic mass is 35.5. The molecule has 10 heteroatoms. The minimum absolute atomic E-state index is 0. The van der Waals surface area contributed by atoms with E-state index in [1.165, 1.54) is 0 Å². The number of rotatable bonds is 3. The Morgan fingerprint density at radius 2 is 2.19 bits per heavy atom. The molecule has 2 atom stereocenters. The third kappa shape index (κ3) is 4.63. The lowest BCUT2D eigenvalue weighted by molar-refractivity contribution is 0.0759. The number of aromatic nitrogens is 3. The Morgan fingerprint density at radius 3 is 2.93 bits per heavy atom. The van der Waals surface area contributed by atoms with Crippen molar-refractivity contribution in [3.8, 4) is 0 Å². The molecule has 0 radical (unpaired) electrons. The van der Waals surface area contributed by atoms with E-state index in [1.807, 2.05) is 19.2 Å². The second-order valence-corrected chi connectivity index (χ2v) is 6.91. The molecule has 4 heterocycles. The molecule has 2 aliphatic heterocycles. The first-order valence-corrected chi connectivity index (χ1v) is 8.76. The van der Waals surface area contributed by atoms with Crippen molar-refractivity contribution in [1.82, 2.24) is 24.9 Å². The van der Waals surface area contributed by atoms with Gasteiger partial charge < -0.3 is 24.4 Å². The normalized spacial score (nSPS) is 21.8. The lowest BCUT2D eigenvalue weighted by Crippen LogP contribution is -2.30. The SMILES string of the molecule is Cc1cc(C[C@@H]2CN(C(=O)c3cn4c(n3)CCNCC4)C[C@H]2O)on1.Cl.Cl. The van der Waals surface area contributed by atoms with Gasteiger partial charge >= 0.3 is 0 Å². The van der Waals surface area contributed by atoms with Crippen LogP contribution in [0.15, 0.2) is 16.8 Å². The molecule has 0 saturated carbocycles. The Labute approximate surface area is 170 Å². The number of carbonyl (C=O) groups excluding carboxylic acids is 1. The largest absolute Gasteiger partial charge is 0.391 e. The fourth-order valence-corrected chi connectivity index (χ4v) is 3.63. The Balaban J connectivity index is 0.00000131. The molecular weight excluding hydrogens is 393 g/mol. The van der Waals surface area contributed by atoms with Crippen molar-refractivity contribution in [3.05, 3.63) is 35.2 Å². The van der Waals surface area contributed by atoms with E-state index in [1.54, 1.807) is 4.90 Å². The van der Waals surface area contributed by atoms with Crippen LogP contribution in [0.4, 0.5) is 0 Å². The number of hydrogen-bond acceptors (Lipinski definition) is 6. The third-order valence-electron chi connectivity index (χ3n) is 4.97. The van der Waals surface area contributed by atoms with Crippen LogP contribution >= 0.6 is 24.8 Å². The number of nitrogens with zero attached hydrogens (tertiary/aromatic N) is 4. The summed E-state index contributed by atoms with van der Waals surface area (Å²) in [5, 5.41) is 17.5. The Morgan fingerprint density at radius 1 is 1.37 bits per heavy atom. The van der Waals surface area contributed by atoms with Crippen molar-refractivity contribution < 1.29 is 14.4 Å². The maximum atomic E-state index is 12.8. The molecule has 0 aromatic carbocycles. The highest BCUT2D eigenvalue weighted by Gasteiger charge is 2.36. The summed E-state index contributed by atoms with van der Waals surface area (Å²) in [6, 6.07) is 1.87. The van der Waals surface area contributed by atoms with Gasteiger partial charge in [0.25, 0.3) is 5.91 Å². The van der Waals surface area contributed by atoms with E-state index < -0.39 is 6.10 Å². The zero-order valence-corrected chi connectivity index (χ0v) is 16.8. The number of aliphatic hydroxyl groups excluding tert-OH is 1. The van der Waals surface area contributed by atoms with E-state index in [0.29, 0.717) is 25.2 Å². The van der Waals surface area contributed by atoms with Crippen molar-refractivity contribution in [2.45, 2.75) is 32.4 Å². The Kier molecular flexibility index (Phi) is 7.27. The molecule has 0 spiro atoms. The predicted octanol–water partition coefficient (Wildman–Crippen LogP) is 0.844. The van der Waals surface area contributed by atoms with E-state index in [2.05, 4.69) is 20.0 Å². The van der Waals surface area contributed by atoms with Crippen LogP contribution in [0.1, 0.15) is 27.8 Å². The Bertz CT molecular complexity index is 755. The second-order valence-electron chi connectivity index (χ2n) is 6.91. The van der Waals surface area contributed by atoms with E-state index in [0.717, 1.165) is 43.3 Å². The number of nitrogens with one attached hydrogen (secondary N) is 1. The average molecular weight is 418 g/mol. The maximum absolute atomic E-state index is 12.8. The molecule has 1 amide bonds. The number of halogens is 2. The summed E-state index contributed by atoms with van der Waals surface area (Å²) in [4.78, 5) is 19.0. The number of carbonyl (C=O) groups is 1. The summed E-state index contributed by atoms with van der Waals surface area (Å²) in [6.07, 6.45) is 2.68. The van der Waals surface area contributed by atoms with Crippen LogP contribution in [-0.2, 0) is 19.4 Å². The standard InChI is InChI=1S/C17H23N5O3.2ClH/c1-11-6-13(25-20-11)7-12-8-22(10-15(12)23)17(24)14-9-21-5-4-18-3-2-16(21)19-14;;/h6,9,12,15,18,23H,2-5,7-8,10H2,1H3;2*1H/t12-,15-;;/m1../s1. The zero-order valence-electron chi connectivity index (χ0n) is 15.1. The predicted molar refractivity (Wildman–Crippen MR) is 104 cm³/mol. The molecule has 0 aliphatic carbocycles. The van der Waals surface area contributed by atoms with E-state index in [-0.39, 0.29) is 36.6 Å². The topological polar surface area (TPSA) is 96.4 Å². The molecule has 1 saturated heterocycles. The van der Waals surface area contributed by atoms with Crippen LogP contribution in [0.5, 0.6) is 0 Å². The molecule has 2 aliphatic rings. The minimum Gasteiger partial charge on any atom is -0.391 e. The van der Waals surface area contributed by atoms with Crippen LogP contribution in [0, 0.1) is 12.8 Å². The molecule has 2 N–H and O–H groups in total. The van der Waals surface area contributed by atoms with Gasteiger partial charge in [0.05, 0.1) is 11.8 Å². The number of imidazole rings is 1. The van der Waals surface area contributed by atoms with Crippen molar-refractivity contribution >= 4 is 30.7 Å². The van der Waals surface area contributed by atoms with Gasteiger partial charge in [-0.25, -0.2) is 4.98 Å². The van der Waals surface area contributed by atoms with Gasteiger partial charge in [0, 0.05) is 63.7 Å². The van der Waals surface area contributed by atoms with E-state index in [9.17, 15) is 9.90 Å². The van der Waals surface area contributed by atoms with Crippen LogP contribution in [0.3, 0.4) is 0 Å². The summed E-state index contributed by atoms with van der Waals surface area (Å²) in [7, 11) is 0. The first-order valence-electron chi connectivity index (χ1n) is 8.76. The van der Waals surface area contributed by atoms with Crippen LogP contribution < -0.4 is 5.32 Å². The van der Waals surface area contributed by atoms with Gasteiger partial charge in [0.2, 0.25) is 0 Å². The highest BCUT2D eigenvalue weighted by molar-refractivity contribution is 5.92. The summed E-state index contributed by atoms with van der Waals surface area (Å²) < 4.78 is 7.29. The summed E-state index contributed by atoms with van der Waals surface area (Å²) in [5.41, 5.74) is 1.30. The molecule has 2 aromatic rings. The number of aliphatic hydroxyl groups is 1. The molecule has 27 heavy (non-hydrogen) atoms. The fourth-order valence-electron chi connectivity index (χ4n) is 3.63. The van der Waals surface area contributed by atoms with E-state index >= 15 is 0 Å². The number of fused-ring (bicyclic) bond motifs is 1. The number of aryl methyl sites for hydroxylation is 1. The van der Waals surface area contributed by atoms with Gasteiger partial charge in [0.1, 0.15) is 17.3 Å². The second kappa shape index (κ2) is 9.05. The van der Waals surface area contributed by atoms with Gasteiger partial charge in [0.15, 0.2) is 0 Å². The number of amides is 1. The lowest BCUT2D eigenvalue weighted by atomic mass is 10.0. The molecule has 1 fully saturated rings.